The van der Waals surface area contributed by atoms with Gasteiger partial charge in [0.05, 0.1) is 11.0 Å². The molecule has 0 aliphatic heterocycles. The Balaban J connectivity index is 3.17. The molecule has 5 heteroatoms. The van der Waals surface area contributed by atoms with E-state index in [9.17, 15) is 8.42 Å². The quantitative estimate of drug-likeness (QED) is 0.838. The van der Waals surface area contributed by atoms with Crippen molar-refractivity contribution >= 4 is 10.0 Å². The average molecular weight is 299 g/mol. The molecule has 2 unspecified atom stereocenters. The number of hydrogen-bond donors (Lipinski definition) is 1. The molecule has 0 fully saturated rings. The number of primary sulfonamides is 1. The molecule has 1 aromatic carbocycles. The lowest BCUT2D eigenvalue weighted by Crippen LogP contribution is -2.15. The first-order valence-electron chi connectivity index (χ1n) is 7.13. The summed E-state index contributed by atoms with van der Waals surface area (Å²) in [6.07, 6.45) is 3.04. The van der Waals surface area contributed by atoms with Crippen LogP contribution in [0.3, 0.4) is 0 Å². The van der Waals surface area contributed by atoms with Gasteiger partial charge in [0.1, 0.15) is 5.75 Å². The SMILES string of the molecule is CCCC(C)Oc1ccc(S(N)(=O)=O)cc1C(C)CC. The summed E-state index contributed by atoms with van der Waals surface area (Å²) in [6, 6.07) is 4.86. The summed E-state index contributed by atoms with van der Waals surface area (Å²) in [6.45, 7) is 8.25. The number of sulfonamides is 1. The van der Waals surface area contributed by atoms with E-state index < -0.39 is 10.0 Å². The van der Waals surface area contributed by atoms with E-state index in [1.807, 2.05) is 6.92 Å². The molecule has 1 aromatic rings. The van der Waals surface area contributed by atoms with Gasteiger partial charge in [0, 0.05) is 0 Å². The van der Waals surface area contributed by atoms with Gasteiger partial charge in [-0.25, -0.2) is 13.6 Å². The first kappa shape index (κ1) is 17.0. The molecule has 2 N–H and O–H groups in total. The van der Waals surface area contributed by atoms with Crippen molar-refractivity contribution in [3.05, 3.63) is 23.8 Å². The van der Waals surface area contributed by atoms with Gasteiger partial charge >= 0.3 is 0 Å². The lowest BCUT2D eigenvalue weighted by Gasteiger charge is -2.20. The van der Waals surface area contributed by atoms with Crippen LogP contribution in [0.25, 0.3) is 0 Å². The lowest BCUT2D eigenvalue weighted by atomic mass is 9.97. The van der Waals surface area contributed by atoms with Crippen molar-refractivity contribution < 1.29 is 13.2 Å². The summed E-state index contributed by atoms with van der Waals surface area (Å²) in [5, 5.41) is 5.20. The number of ether oxygens (including phenoxy) is 1. The van der Waals surface area contributed by atoms with E-state index in [2.05, 4.69) is 20.8 Å². The van der Waals surface area contributed by atoms with Crippen LogP contribution < -0.4 is 9.88 Å². The topological polar surface area (TPSA) is 69.4 Å². The molecule has 0 radical (unpaired) electrons. The van der Waals surface area contributed by atoms with Crippen LogP contribution in [0, 0.1) is 0 Å². The fraction of sp³-hybridized carbons (Fsp3) is 0.600. The van der Waals surface area contributed by atoms with Crippen LogP contribution in [0.2, 0.25) is 0 Å². The normalized spacial score (nSPS) is 14.8. The van der Waals surface area contributed by atoms with Gasteiger partial charge in [-0.2, -0.15) is 0 Å². The highest BCUT2D eigenvalue weighted by Gasteiger charge is 2.17. The van der Waals surface area contributed by atoms with Crippen LogP contribution in [-0.4, -0.2) is 14.5 Å². The lowest BCUT2D eigenvalue weighted by molar-refractivity contribution is 0.207. The van der Waals surface area contributed by atoms with Crippen LogP contribution >= 0.6 is 0 Å². The maximum atomic E-state index is 11.5. The molecule has 0 amide bonds. The van der Waals surface area contributed by atoms with Crippen LogP contribution in [-0.2, 0) is 10.0 Å². The number of rotatable bonds is 7. The van der Waals surface area contributed by atoms with Gasteiger partial charge in [-0.15, -0.1) is 0 Å². The van der Waals surface area contributed by atoms with Crippen molar-refractivity contribution in [3.63, 3.8) is 0 Å². The molecule has 4 nitrogen and oxygen atoms in total. The fourth-order valence-electron chi connectivity index (χ4n) is 2.10. The zero-order valence-electron chi connectivity index (χ0n) is 12.7. The first-order valence-corrected chi connectivity index (χ1v) is 8.67. The molecule has 1 rings (SSSR count). The van der Waals surface area contributed by atoms with E-state index in [4.69, 9.17) is 9.88 Å². The highest BCUT2D eigenvalue weighted by molar-refractivity contribution is 7.89. The highest BCUT2D eigenvalue weighted by atomic mass is 32.2. The third-order valence-electron chi connectivity index (χ3n) is 3.48. The summed E-state index contributed by atoms with van der Waals surface area (Å²) in [5.41, 5.74) is 0.905. The van der Waals surface area contributed by atoms with E-state index in [-0.39, 0.29) is 16.9 Å². The molecule has 0 aromatic heterocycles. The van der Waals surface area contributed by atoms with E-state index in [1.54, 1.807) is 12.1 Å². The Labute approximate surface area is 122 Å². The molecule has 0 spiro atoms. The second-order valence-electron chi connectivity index (χ2n) is 5.27. The Bertz CT molecular complexity index is 540. The monoisotopic (exact) mass is 299 g/mol. The summed E-state index contributed by atoms with van der Waals surface area (Å²) >= 11 is 0. The van der Waals surface area contributed by atoms with Gasteiger partial charge < -0.3 is 4.74 Å². The van der Waals surface area contributed by atoms with E-state index >= 15 is 0 Å². The molecule has 20 heavy (non-hydrogen) atoms. The maximum absolute atomic E-state index is 11.5. The molecule has 2 atom stereocenters. The second-order valence-corrected chi connectivity index (χ2v) is 6.83. The van der Waals surface area contributed by atoms with Gasteiger partial charge in [-0.05, 0) is 49.4 Å². The van der Waals surface area contributed by atoms with Gasteiger partial charge in [0.25, 0.3) is 0 Å². The molecule has 0 bridgehead atoms. The summed E-state index contributed by atoms with van der Waals surface area (Å²) in [4.78, 5) is 0.142. The predicted molar refractivity (Wildman–Crippen MR) is 81.5 cm³/mol. The predicted octanol–water partition coefficient (Wildman–Crippen LogP) is 3.41. The standard InChI is InChI=1S/C15H25NO3S/c1-5-7-12(4)19-15-9-8-13(20(16,17)18)10-14(15)11(3)6-2/h8-12H,5-7H2,1-4H3,(H2,16,17,18). The minimum atomic E-state index is -3.68. The Hall–Kier alpha value is -1.07. The van der Waals surface area contributed by atoms with Crippen molar-refractivity contribution in [1.29, 1.82) is 0 Å². The molecule has 0 aliphatic carbocycles. The zero-order chi connectivity index (χ0) is 15.3. The summed E-state index contributed by atoms with van der Waals surface area (Å²) in [7, 11) is -3.68. The minimum absolute atomic E-state index is 0.114. The second kappa shape index (κ2) is 7.09. The number of benzene rings is 1. The molecule has 0 saturated carbocycles. The van der Waals surface area contributed by atoms with Gasteiger partial charge in [-0.1, -0.05) is 27.2 Å². The van der Waals surface area contributed by atoms with Crippen LogP contribution in [0.4, 0.5) is 0 Å². The third kappa shape index (κ3) is 4.49. The average Bonchev–Trinajstić information content (AvgIpc) is 2.37. The Morgan fingerprint density at radius 3 is 2.40 bits per heavy atom. The van der Waals surface area contributed by atoms with E-state index in [0.29, 0.717) is 0 Å². The Morgan fingerprint density at radius 1 is 1.25 bits per heavy atom. The van der Waals surface area contributed by atoms with Gasteiger partial charge in [0.15, 0.2) is 0 Å². The maximum Gasteiger partial charge on any atom is 0.238 e. The molecule has 0 aliphatic rings. The van der Waals surface area contributed by atoms with Crippen molar-refractivity contribution in [2.45, 2.75) is 63.9 Å². The van der Waals surface area contributed by atoms with E-state index in [0.717, 1.165) is 30.6 Å². The van der Waals surface area contributed by atoms with Crippen LogP contribution in [0.15, 0.2) is 23.1 Å². The smallest absolute Gasteiger partial charge is 0.238 e. The van der Waals surface area contributed by atoms with Crippen molar-refractivity contribution in [1.82, 2.24) is 0 Å². The molecular formula is C15H25NO3S. The van der Waals surface area contributed by atoms with Crippen molar-refractivity contribution in [3.8, 4) is 5.75 Å². The minimum Gasteiger partial charge on any atom is -0.490 e. The number of hydrogen-bond acceptors (Lipinski definition) is 3. The first-order chi connectivity index (χ1) is 9.29. The summed E-state index contributed by atoms with van der Waals surface area (Å²) in [5.74, 6) is 0.980. The number of nitrogens with two attached hydrogens (primary N) is 1. The van der Waals surface area contributed by atoms with E-state index in [1.165, 1.54) is 6.07 Å². The Kier molecular flexibility index (Phi) is 6.02. The van der Waals surface area contributed by atoms with Crippen LogP contribution in [0.5, 0.6) is 5.75 Å². The highest BCUT2D eigenvalue weighted by Crippen LogP contribution is 2.31. The zero-order valence-corrected chi connectivity index (χ0v) is 13.5. The third-order valence-corrected chi connectivity index (χ3v) is 4.39. The molecular weight excluding hydrogens is 274 g/mol. The van der Waals surface area contributed by atoms with Crippen molar-refractivity contribution in [2.24, 2.45) is 5.14 Å². The van der Waals surface area contributed by atoms with Gasteiger partial charge in [-0.3, -0.25) is 0 Å². The summed E-state index contributed by atoms with van der Waals surface area (Å²) < 4.78 is 28.9. The molecule has 0 heterocycles. The van der Waals surface area contributed by atoms with Crippen LogP contribution in [0.1, 0.15) is 58.4 Å². The molecule has 114 valence electrons. The Morgan fingerprint density at radius 2 is 1.90 bits per heavy atom. The van der Waals surface area contributed by atoms with Gasteiger partial charge in [0.2, 0.25) is 10.0 Å². The molecule has 0 saturated heterocycles. The van der Waals surface area contributed by atoms with Crippen molar-refractivity contribution in [2.75, 3.05) is 0 Å². The largest absolute Gasteiger partial charge is 0.490 e. The fourth-order valence-corrected chi connectivity index (χ4v) is 2.65.